The van der Waals surface area contributed by atoms with Crippen LogP contribution in [0.15, 0.2) is 11.6 Å². The van der Waals surface area contributed by atoms with Crippen LogP contribution in [0.4, 0.5) is 0 Å². The zero-order valence-electron chi connectivity index (χ0n) is 30.4. The Labute approximate surface area is 308 Å². The fraction of sp³-hybridized carbons (Fsp3) is 0.892. The van der Waals surface area contributed by atoms with Crippen LogP contribution in [0.2, 0.25) is 0 Å². The quantitative estimate of drug-likeness (QED) is 0.107. The van der Waals surface area contributed by atoms with Gasteiger partial charge >= 0.3 is 11.9 Å². The lowest BCUT2D eigenvalue weighted by molar-refractivity contribution is -0.338. The number of esters is 2. The van der Waals surface area contributed by atoms with Crippen molar-refractivity contribution in [1.29, 1.82) is 0 Å². The molecule has 0 aromatic rings. The Hall–Kier alpha value is -1.80. The number of cyclic esters (lactones) is 1. The van der Waals surface area contributed by atoms with Crippen molar-refractivity contribution < 1.29 is 78.9 Å². The Morgan fingerprint density at radius 1 is 0.868 bits per heavy atom. The molecule has 19 unspecified atom stereocenters. The monoisotopic (exact) mass is 756 g/mol. The third kappa shape index (κ3) is 6.57. The first-order valence-corrected chi connectivity index (χ1v) is 19.1. The van der Waals surface area contributed by atoms with E-state index in [0.29, 0.717) is 25.7 Å². The largest absolute Gasteiger partial charge is 0.462 e. The number of hydrogen-bond acceptors (Lipinski definition) is 16. The molecule has 7 aliphatic rings. The van der Waals surface area contributed by atoms with Gasteiger partial charge in [0.25, 0.3) is 0 Å². The lowest BCUT2D eigenvalue weighted by Crippen LogP contribution is -2.63. The molecule has 3 aliphatic heterocycles. The number of carbonyl (C=O) groups excluding carboxylic acids is 2. The van der Waals surface area contributed by atoms with Gasteiger partial charge in [0, 0.05) is 30.8 Å². The summed E-state index contributed by atoms with van der Waals surface area (Å²) in [5.74, 6) is -0.821. The van der Waals surface area contributed by atoms with Crippen LogP contribution >= 0.6 is 0 Å². The first-order valence-electron chi connectivity index (χ1n) is 19.1. The summed E-state index contributed by atoms with van der Waals surface area (Å²) in [6, 6.07) is 0. The molecular formula is C37H56O16. The van der Waals surface area contributed by atoms with Gasteiger partial charge in [-0.2, -0.15) is 0 Å². The van der Waals surface area contributed by atoms with E-state index in [1.54, 1.807) is 0 Å². The van der Waals surface area contributed by atoms with Crippen molar-refractivity contribution in [2.45, 2.75) is 151 Å². The molecule has 16 nitrogen and oxygen atoms in total. The average molecular weight is 757 g/mol. The van der Waals surface area contributed by atoms with Gasteiger partial charge in [-0.05, 0) is 73.7 Å². The molecule has 4 aliphatic carbocycles. The standard InChI is InChI=1S/C37H56O16/c1-16(39)50-22-12-37(47)21-5-4-18-11-19(6-8-35(18,2)20(21)7-9-36(37,3)26(22)17-10-25(40)48-14-17)51-34-32(46)30(44)28(42)24(53-34)15-49-33-31(45)29(43)27(41)23(13-38)52-33/h10,18-24,26-34,38,41-47H,4-9,11-15H2,1-3H3. The first-order chi connectivity index (χ1) is 25.0. The number of aliphatic hydroxyl groups is 8. The molecule has 8 N–H and O–H groups in total. The van der Waals surface area contributed by atoms with Gasteiger partial charge in [0.15, 0.2) is 12.6 Å². The smallest absolute Gasteiger partial charge is 0.331 e. The highest BCUT2D eigenvalue weighted by Gasteiger charge is 2.71. The third-order valence-electron chi connectivity index (χ3n) is 14.5. The van der Waals surface area contributed by atoms with Crippen molar-refractivity contribution >= 4 is 11.9 Å². The number of aliphatic hydroxyl groups excluding tert-OH is 7. The molecule has 300 valence electrons. The van der Waals surface area contributed by atoms with Crippen molar-refractivity contribution in [3.63, 3.8) is 0 Å². The van der Waals surface area contributed by atoms with E-state index in [1.807, 2.05) is 0 Å². The van der Waals surface area contributed by atoms with Crippen LogP contribution in [0.1, 0.15) is 72.1 Å². The molecule has 0 amide bonds. The zero-order valence-corrected chi connectivity index (χ0v) is 30.4. The fourth-order valence-electron chi connectivity index (χ4n) is 11.6. The summed E-state index contributed by atoms with van der Waals surface area (Å²) in [4.78, 5) is 24.3. The van der Waals surface area contributed by atoms with Gasteiger partial charge in [0.05, 0.1) is 24.9 Å². The maximum Gasteiger partial charge on any atom is 0.331 e. The summed E-state index contributed by atoms with van der Waals surface area (Å²) in [6.45, 7) is 4.77. The summed E-state index contributed by atoms with van der Waals surface area (Å²) in [5.41, 5.74) is -1.12. The van der Waals surface area contributed by atoms with Crippen LogP contribution in [0.3, 0.4) is 0 Å². The molecule has 4 saturated carbocycles. The molecule has 16 heteroatoms. The van der Waals surface area contributed by atoms with Gasteiger partial charge in [0.1, 0.15) is 61.5 Å². The molecule has 2 saturated heterocycles. The first kappa shape index (κ1) is 39.4. The van der Waals surface area contributed by atoms with Crippen LogP contribution in [0, 0.1) is 34.5 Å². The topological polar surface area (TPSA) is 251 Å². The second-order valence-corrected chi connectivity index (χ2v) is 17.1. The minimum absolute atomic E-state index is 0.0498. The SMILES string of the molecule is CC(=O)OC1CC2(O)C3CCC4CC(OC5OC(COC6OC(CO)C(O)C(O)C6O)C(O)C(O)C5O)CCC4(C)C3CCC2(C)C1C1=CC(=O)OC1. The number of carbonyl (C=O) groups is 2. The summed E-state index contributed by atoms with van der Waals surface area (Å²) >= 11 is 0. The van der Waals surface area contributed by atoms with Gasteiger partial charge in [-0.25, -0.2) is 4.79 Å². The van der Waals surface area contributed by atoms with Crippen LogP contribution in [-0.4, -0.2) is 152 Å². The molecular weight excluding hydrogens is 700 g/mol. The number of ether oxygens (including phenoxy) is 6. The molecule has 0 spiro atoms. The molecule has 19 atom stereocenters. The van der Waals surface area contributed by atoms with E-state index >= 15 is 0 Å². The summed E-state index contributed by atoms with van der Waals surface area (Å²) < 4.78 is 34.3. The predicted molar refractivity (Wildman–Crippen MR) is 178 cm³/mol. The maximum absolute atomic E-state index is 12.8. The van der Waals surface area contributed by atoms with E-state index in [2.05, 4.69) is 13.8 Å². The summed E-state index contributed by atoms with van der Waals surface area (Å²) in [6.07, 6.45) is -8.88. The van der Waals surface area contributed by atoms with Gasteiger partial charge in [0.2, 0.25) is 0 Å². The molecule has 0 aromatic carbocycles. The highest BCUT2D eigenvalue weighted by molar-refractivity contribution is 5.85. The molecule has 53 heavy (non-hydrogen) atoms. The Kier molecular flexibility index (Phi) is 10.9. The summed E-state index contributed by atoms with van der Waals surface area (Å²) in [7, 11) is 0. The molecule has 7 rings (SSSR count). The minimum Gasteiger partial charge on any atom is -0.462 e. The van der Waals surface area contributed by atoms with E-state index < -0.39 is 104 Å². The lowest BCUT2D eigenvalue weighted by atomic mass is 9.43. The van der Waals surface area contributed by atoms with Crippen LogP contribution in [-0.2, 0) is 38.0 Å². The molecule has 0 bridgehead atoms. The Morgan fingerprint density at radius 2 is 1.55 bits per heavy atom. The predicted octanol–water partition coefficient (Wildman–Crippen LogP) is -1.21. The zero-order chi connectivity index (χ0) is 38.2. The van der Waals surface area contributed by atoms with Crippen LogP contribution in [0.25, 0.3) is 0 Å². The lowest BCUT2D eigenvalue weighted by Gasteiger charge is -2.63. The second-order valence-electron chi connectivity index (χ2n) is 17.1. The van der Waals surface area contributed by atoms with Crippen molar-refractivity contribution in [2.75, 3.05) is 19.8 Å². The number of rotatable bonds is 8. The molecule has 0 radical (unpaired) electrons. The normalized spacial score (nSPS) is 52.5. The van der Waals surface area contributed by atoms with Gasteiger partial charge in [-0.3, -0.25) is 4.79 Å². The maximum atomic E-state index is 12.8. The minimum atomic E-state index is -1.67. The van der Waals surface area contributed by atoms with Gasteiger partial charge < -0.3 is 69.3 Å². The van der Waals surface area contributed by atoms with Crippen molar-refractivity contribution in [1.82, 2.24) is 0 Å². The molecule has 3 heterocycles. The van der Waals surface area contributed by atoms with Crippen molar-refractivity contribution in [3.05, 3.63) is 11.6 Å². The van der Waals surface area contributed by atoms with E-state index in [1.165, 1.54) is 13.0 Å². The highest BCUT2D eigenvalue weighted by atomic mass is 16.7. The van der Waals surface area contributed by atoms with Gasteiger partial charge in [-0.1, -0.05) is 13.8 Å². The van der Waals surface area contributed by atoms with E-state index in [9.17, 15) is 50.4 Å². The average Bonchev–Trinajstić information content (AvgIpc) is 3.63. The highest BCUT2D eigenvalue weighted by Crippen LogP contribution is 2.70. The Balaban J connectivity index is 1.01. The van der Waals surface area contributed by atoms with Crippen molar-refractivity contribution in [3.8, 4) is 0 Å². The number of fused-ring (bicyclic) bond motifs is 5. The van der Waals surface area contributed by atoms with E-state index in [4.69, 9.17) is 28.4 Å². The fourth-order valence-corrected chi connectivity index (χ4v) is 11.6. The van der Waals surface area contributed by atoms with Gasteiger partial charge in [-0.15, -0.1) is 0 Å². The Bertz CT molecular complexity index is 1410. The van der Waals surface area contributed by atoms with E-state index in [-0.39, 0.29) is 41.8 Å². The molecule has 0 aromatic heterocycles. The second kappa shape index (κ2) is 14.6. The Morgan fingerprint density at radius 3 is 2.21 bits per heavy atom. The molecule has 6 fully saturated rings. The third-order valence-corrected chi connectivity index (χ3v) is 14.5. The van der Waals surface area contributed by atoms with Crippen LogP contribution < -0.4 is 0 Å². The van der Waals surface area contributed by atoms with Crippen molar-refractivity contribution in [2.24, 2.45) is 34.5 Å². The van der Waals surface area contributed by atoms with E-state index in [0.717, 1.165) is 31.3 Å². The van der Waals surface area contributed by atoms with Crippen LogP contribution in [0.5, 0.6) is 0 Å². The summed E-state index contributed by atoms with van der Waals surface area (Å²) in [5, 5.41) is 85.0. The number of hydrogen-bond donors (Lipinski definition) is 8.